The Morgan fingerprint density at radius 1 is 1.29 bits per heavy atom. The van der Waals surface area contributed by atoms with E-state index in [1.165, 1.54) is 6.42 Å². The molecule has 2 rings (SSSR count). The first kappa shape index (κ1) is 14.8. The molecule has 4 heteroatoms. The number of hydrogen-bond acceptors (Lipinski definition) is 2. The van der Waals surface area contributed by atoms with Crippen molar-refractivity contribution in [2.24, 2.45) is 17.3 Å². The highest BCUT2D eigenvalue weighted by molar-refractivity contribution is 5.85. The van der Waals surface area contributed by atoms with E-state index in [1.54, 1.807) is 0 Å². The number of carbonyl (C=O) groups is 1. The van der Waals surface area contributed by atoms with Crippen molar-refractivity contribution >= 4 is 18.3 Å². The maximum atomic E-state index is 12.1. The number of amides is 1. The third-order valence-electron chi connectivity index (χ3n) is 3.74. The summed E-state index contributed by atoms with van der Waals surface area (Å²) in [7, 11) is 0. The molecule has 0 spiro atoms. The quantitative estimate of drug-likeness (QED) is 0.781. The van der Waals surface area contributed by atoms with Crippen molar-refractivity contribution < 1.29 is 4.79 Å². The largest absolute Gasteiger partial charge is 0.342 e. The summed E-state index contributed by atoms with van der Waals surface area (Å²) < 4.78 is 0. The highest BCUT2D eigenvalue weighted by atomic mass is 35.5. The summed E-state index contributed by atoms with van der Waals surface area (Å²) in [6.07, 6.45) is 1.87. The number of rotatable bonds is 1. The molecule has 2 saturated heterocycles. The fourth-order valence-electron chi connectivity index (χ4n) is 2.83. The molecule has 2 aliphatic rings. The molecule has 1 N–H and O–H groups in total. The Hall–Kier alpha value is -0.280. The van der Waals surface area contributed by atoms with Crippen molar-refractivity contribution in [3.8, 4) is 0 Å². The van der Waals surface area contributed by atoms with Gasteiger partial charge < -0.3 is 10.2 Å². The lowest BCUT2D eigenvalue weighted by Crippen LogP contribution is -2.44. The summed E-state index contributed by atoms with van der Waals surface area (Å²) in [5.74, 6) is 1.87. The van der Waals surface area contributed by atoms with E-state index < -0.39 is 0 Å². The van der Waals surface area contributed by atoms with E-state index in [9.17, 15) is 4.79 Å². The predicted octanol–water partition coefficient (Wildman–Crippen LogP) is 1.91. The smallest absolute Gasteiger partial charge is 0.223 e. The van der Waals surface area contributed by atoms with Crippen LogP contribution in [0.3, 0.4) is 0 Å². The number of nitrogens with one attached hydrogen (secondary N) is 1. The monoisotopic (exact) mass is 260 g/mol. The van der Waals surface area contributed by atoms with Gasteiger partial charge >= 0.3 is 0 Å². The molecule has 100 valence electrons. The molecule has 0 saturated carbocycles. The van der Waals surface area contributed by atoms with E-state index in [0.717, 1.165) is 32.1 Å². The molecule has 3 nitrogen and oxygen atoms in total. The van der Waals surface area contributed by atoms with Crippen molar-refractivity contribution in [2.45, 2.75) is 33.6 Å². The number of fused-ring (bicyclic) bond motifs is 1. The molecule has 2 fully saturated rings. The topological polar surface area (TPSA) is 32.3 Å². The Kier molecular flexibility index (Phi) is 4.85. The number of hydrogen-bond donors (Lipinski definition) is 1. The van der Waals surface area contributed by atoms with Crippen LogP contribution >= 0.6 is 12.4 Å². The molecule has 2 aliphatic heterocycles. The van der Waals surface area contributed by atoms with E-state index in [-0.39, 0.29) is 17.8 Å². The molecule has 0 aromatic heterocycles. The number of likely N-dealkylation sites (tertiary alicyclic amines) is 1. The minimum absolute atomic E-state index is 0. The summed E-state index contributed by atoms with van der Waals surface area (Å²) in [4.78, 5) is 14.2. The summed E-state index contributed by atoms with van der Waals surface area (Å²) in [5.41, 5.74) is 0.113. The van der Waals surface area contributed by atoms with Gasteiger partial charge in [0, 0.05) is 19.5 Å². The second kappa shape index (κ2) is 5.57. The zero-order chi connectivity index (χ0) is 11.8. The third kappa shape index (κ3) is 3.85. The van der Waals surface area contributed by atoms with Crippen LogP contribution in [0.4, 0.5) is 0 Å². The Bertz CT molecular complexity index is 275. The van der Waals surface area contributed by atoms with Crippen LogP contribution in [0, 0.1) is 17.3 Å². The fourth-order valence-corrected chi connectivity index (χ4v) is 2.83. The molecule has 2 heterocycles. The number of carbonyl (C=O) groups excluding carboxylic acids is 1. The number of nitrogens with zero attached hydrogens (tertiary/aromatic N) is 1. The van der Waals surface area contributed by atoms with E-state index in [4.69, 9.17) is 0 Å². The molecule has 1 amide bonds. The Labute approximate surface area is 111 Å². The summed E-state index contributed by atoms with van der Waals surface area (Å²) in [6, 6.07) is 0. The second-order valence-corrected chi connectivity index (χ2v) is 6.54. The minimum Gasteiger partial charge on any atom is -0.342 e. The van der Waals surface area contributed by atoms with Gasteiger partial charge in [0.2, 0.25) is 5.91 Å². The molecular weight excluding hydrogens is 236 g/mol. The minimum atomic E-state index is 0. The zero-order valence-electron chi connectivity index (χ0n) is 11.2. The number of halogens is 1. The van der Waals surface area contributed by atoms with Crippen LogP contribution in [0.2, 0.25) is 0 Å². The first-order valence-corrected chi connectivity index (χ1v) is 6.44. The van der Waals surface area contributed by atoms with Gasteiger partial charge in [-0.15, -0.1) is 12.4 Å². The van der Waals surface area contributed by atoms with Gasteiger partial charge in [-0.3, -0.25) is 4.79 Å². The normalized spacial score (nSPS) is 28.5. The van der Waals surface area contributed by atoms with Gasteiger partial charge in [-0.2, -0.15) is 0 Å². The summed E-state index contributed by atoms with van der Waals surface area (Å²) >= 11 is 0. The molecule has 2 unspecified atom stereocenters. The molecule has 0 aromatic carbocycles. The Morgan fingerprint density at radius 3 is 2.59 bits per heavy atom. The van der Waals surface area contributed by atoms with Crippen molar-refractivity contribution in [1.29, 1.82) is 0 Å². The highest BCUT2D eigenvalue weighted by Crippen LogP contribution is 2.28. The lowest BCUT2D eigenvalue weighted by atomic mass is 9.87. The van der Waals surface area contributed by atoms with Crippen LogP contribution in [-0.4, -0.2) is 37.0 Å². The molecule has 0 bridgehead atoms. The van der Waals surface area contributed by atoms with E-state index in [1.807, 2.05) is 0 Å². The average molecular weight is 261 g/mol. The standard InChI is InChI=1S/C13H24N2O.ClH/c1-13(2,3)6-12(16)15-5-4-10-7-14-8-11(10)9-15;/h10-11,14H,4-9H2,1-3H3;1H. The predicted molar refractivity (Wildman–Crippen MR) is 72.4 cm³/mol. The van der Waals surface area contributed by atoms with Gasteiger partial charge in [0.05, 0.1) is 0 Å². The van der Waals surface area contributed by atoms with Crippen molar-refractivity contribution in [2.75, 3.05) is 26.2 Å². The first-order valence-electron chi connectivity index (χ1n) is 6.44. The van der Waals surface area contributed by atoms with Crippen molar-refractivity contribution in [1.82, 2.24) is 10.2 Å². The Balaban J connectivity index is 0.00000144. The summed E-state index contributed by atoms with van der Waals surface area (Å²) in [5, 5.41) is 3.43. The van der Waals surface area contributed by atoms with Crippen molar-refractivity contribution in [3.05, 3.63) is 0 Å². The van der Waals surface area contributed by atoms with Gasteiger partial charge in [0.15, 0.2) is 0 Å². The van der Waals surface area contributed by atoms with Gasteiger partial charge in [-0.05, 0) is 36.8 Å². The van der Waals surface area contributed by atoms with Gasteiger partial charge in [-0.1, -0.05) is 20.8 Å². The Morgan fingerprint density at radius 2 is 1.94 bits per heavy atom. The lowest BCUT2D eigenvalue weighted by Gasteiger charge is -2.35. The van der Waals surface area contributed by atoms with Crippen LogP contribution in [0.1, 0.15) is 33.6 Å². The summed E-state index contributed by atoms with van der Waals surface area (Å²) in [6.45, 7) is 10.6. The molecule has 2 atom stereocenters. The van der Waals surface area contributed by atoms with Crippen LogP contribution < -0.4 is 5.32 Å². The van der Waals surface area contributed by atoms with Crippen LogP contribution in [0.5, 0.6) is 0 Å². The van der Waals surface area contributed by atoms with Crippen LogP contribution in [-0.2, 0) is 4.79 Å². The highest BCUT2D eigenvalue weighted by Gasteiger charge is 2.34. The second-order valence-electron chi connectivity index (χ2n) is 6.54. The van der Waals surface area contributed by atoms with Crippen LogP contribution in [0.25, 0.3) is 0 Å². The fraction of sp³-hybridized carbons (Fsp3) is 0.923. The van der Waals surface area contributed by atoms with Gasteiger partial charge in [0.1, 0.15) is 0 Å². The maximum Gasteiger partial charge on any atom is 0.223 e. The number of piperidine rings is 1. The molecular formula is C13H25ClN2O. The lowest BCUT2D eigenvalue weighted by molar-refractivity contribution is -0.135. The maximum absolute atomic E-state index is 12.1. The average Bonchev–Trinajstić information content (AvgIpc) is 2.61. The zero-order valence-corrected chi connectivity index (χ0v) is 12.0. The van der Waals surface area contributed by atoms with E-state index in [2.05, 4.69) is 31.0 Å². The van der Waals surface area contributed by atoms with Crippen LogP contribution in [0.15, 0.2) is 0 Å². The SMILES string of the molecule is CC(C)(C)CC(=O)N1CCC2CNCC2C1.Cl. The molecule has 0 aromatic rings. The first-order chi connectivity index (χ1) is 7.46. The third-order valence-corrected chi connectivity index (χ3v) is 3.74. The molecule has 0 radical (unpaired) electrons. The van der Waals surface area contributed by atoms with E-state index >= 15 is 0 Å². The molecule has 17 heavy (non-hydrogen) atoms. The molecule has 0 aliphatic carbocycles. The van der Waals surface area contributed by atoms with E-state index in [0.29, 0.717) is 18.2 Å². The van der Waals surface area contributed by atoms with Crippen molar-refractivity contribution in [3.63, 3.8) is 0 Å². The van der Waals surface area contributed by atoms with Gasteiger partial charge in [0.25, 0.3) is 0 Å². The van der Waals surface area contributed by atoms with Gasteiger partial charge in [-0.25, -0.2) is 0 Å².